The minimum absolute atomic E-state index is 0.195. The van der Waals surface area contributed by atoms with E-state index >= 15 is 0 Å². The van der Waals surface area contributed by atoms with Crippen molar-refractivity contribution in [2.45, 2.75) is 19.9 Å². The van der Waals surface area contributed by atoms with Crippen molar-refractivity contribution in [3.05, 3.63) is 59.2 Å². The molecule has 1 aliphatic heterocycles. The molecule has 1 fully saturated rings. The van der Waals surface area contributed by atoms with Crippen LogP contribution in [0.2, 0.25) is 0 Å². The highest BCUT2D eigenvalue weighted by atomic mass is 16.5. The molecule has 0 saturated carbocycles. The van der Waals surface area contributed by atoms with E-state index in [4.69, 9.17) is 9.47 Å². The zero-order valence-corrected chi connectivity index (χ0v) is 16.4. The van der Waals surface area contributed by atoms with Crippen molar-refractivity contribution < 1.29 is 14.3 Å². The lowest BCUT2D eigenvalue weighted by Crippen LogP contribution is -2.48. The van der Waals surface area contributed by atoms with Gasteiger partial charge in [-0.3, -0.25) is 9.69 Å². The van der Waals surface area contributed by atoms with E-state index in [9.17, 15) is 4.79 Å². The molecule has 27 heavy (non-hydrogen) atoms. The van der Waals surface area contributed by atoms with Gasteiger partial charge in [-0.2, -0.15) is 0 Å². The Hall–Kier alpha value is -2.53. The Kier molecular flexibility index (Phi) is 6.35. The molecule has 1 aliphatic rings. The van der Waals surface area contributed by atoms with Crippen LogP contribution in [0.3, 0.4) is 0 Å². The van der Waals surface area contributed by atoms with Gasteiger partial charge in [-0.05, 0) is 41.8 Å². The highest BCUT2D eigenvalue weighted by Crippen LogP contribution is 2.20. The van der Waals surface area contributed by atoms with Crippen molar-refractivity contribution in [1.82, 2.24) is 9.80 Å². The summed E-state index contributed by atoms with van der Waals surface area (Å²) in [6.07, 6.45) is 0.446. The molecule has 5 heteroatoms. The first-order chi connectivity index (χ1) is 13.1. The van der Waals surface area contributed by atoms with Crippen LogP contribution in [0.15, 0.2) is 42.5 Å². The van der Waals surface area contributed by atoms with E-state index in [1.165, 1.54) is 5.56 Å². The van der Waals surface area contributed by atoms with Gasteiger partial charge in [-0.25, -0.2) is 0 Å². The van der Waals surface area contributed by atoms with Gasteiger partial charge < -0.3 is 14.4 Å². The van der Waals surface area contributed by atoms with Crippen LogP contribution in [0.1, 0.15) is 16.7 Å². The molecule has 0 unspecified atom stereocenters. The highest BCUT2D eigenvalue weighted by Gasteiger charge is 2.21. The van der Waals surface area contributed by atoms with Crippen molar-refractivity contribution in [3.8, 4) is 11.5 Å². The summed E-state index contributed by atoms with van der Waals surface area (Å²) in [5, 5.41) is 0. The van der Waals surface area contributed by atoms with Crippen LogP contribution in [-0.4, -0.2) is 56.1 Å². The molecule has 1 heterocycles. The summed E-state index contributed by atoms with van der Waals surface area (Å²) < 4.78 is 10.5. The third-order valence-electron chi connectivity index (χ3n) is 5.10. The van der Waals surface area contributed by atoms with Crippen molar-refractivity contribution in [1.29, 1.82) is 0 Å². The number of rotatable bonds is 6. The molecule has 3 rings (SSSR count). The van der Waals surface area contributed by atoms with E-state index in [0.717, 1.165) is 55.3 Å². The normalized spacial score (nSPS) is 14.9. The van der Waals surface area contributed by atoms with Gasteiger partial charge in [0.2, 0.25) is 5.91 Å². The molecule has 2 aromatic rings. The second-order valence-corrected chi connectivity index (χ2v) is 6.99. The molecule has 0 aliphatic carbocycles. The van der Waals surface area contributed by atoms with E-state index in [-0.39, 0.29) is 5.91 Å². The van der Waals surface area contributed by atoms with Crippen molar-refractivity contribution >= 4 is 5.91 Å². The summed E-state index contributed by atoms with van der Waals surface area (Å²) in [6, 6.07) is 14.0. The lowest BCUT2D eigenvalue weighted by atomic mass is 10.1. The number of hydrogen-bond donors (Lipinski definition) is 0. The minimum Gasteiger partial charge on any atom is -0.497 e. The Morgan fingerprint density at radius 3 is 2.19 bits per heavy atom. The van der Waals surface area contributed by atoms with E-state index in [0.29, 0.717) is 6.42 Å². The topological polar surface area (TPSA) is 42.0 Å². The van der Waals surface area contributed by atoms with Crippen LogP contribution in [-0.2, 0) is 17.8 Å². The third-order valence-corrected chi connectivity index (χ3v) is 5.10. The van der Waals surface area contributed by atoms with E-state index in [1.54, 1.807) is 14.2 Å². The standard InChI is InChI=1S/C22H28N2O3/c1-17-14-19(6-9-21(17)27-3)16-23-10-12-24(13-11-23)22(25)15-18-4-7-20(26-2)8-5-18/h4-9,14H,10-13,15-16H2,1-3H3. The number of ether oxygens (including phenoxy) is 2. The van der Waals surface area contributed by atoms with Crippen molar-refractivity contribution in [3.63, 3.8) is 0 Å². The van der Waals surface area contributed by atoms with Gasteiger partial charge in [0.05, 0.1) is 20.6 Å². The molecule has 0 N–H and O–H groups in total. The lowest BCUT2D eigenvalue weighted by molar-refractivity contribution is -0.132. The Morgan fingerprint density at radius 1 is 0.926 bits per heavy atom. The number of amides is 1. The predicted molar refractivity (Wildman–Crippen MR) is 106 cm³/mol. The quantitative estimate of drug-likeness (QED) is 0.786. The Labute approximate surface area is 161 Å². The molecular formula is C22H28N2O3. The number of benzene rings is 2. The van der Waals surface area contributed by atoms with Crippen LogP contribution in [0, 0.1) is 6.92 Å². The second kappa shape index (κ2) is 8.91. The minimum atomic E-state index is 0.195. The maximum Gasteiger partial charge on any atom is 0.227 e. The van der Waals surface area contributed by atoms with Crippen molar-refractivity contribution in [2.24, 2.45) is 0 Å². The fourth-order valence-electron chi connectivity index (χ4n) is 3.48. The van der Waals surface area contributed by atoms with Gasteiger partial charge >= 0.3 is 0 Å². The Morgan fingerprint density at radius 2 is 1.59 bits per heavy atom. The van der Waals surface area contributed by atoms with Crippen LogP contribution >= 0.6 is 0 Å². The summed E-state index contributed by atoms with van der Waals surface area (Å²) in [5.74, 6) is 1.93. The largest absolute Gasteiger partial charge is 0.497 e. The van der Waals surface area contributed by atoms with Gasteiger partial charge in [-0.1, -0.05) is 24.3 Å². The van der Waals surface area contributed by atoms with Crippen LogP contribution < -0.4 is 9.47 Å². The zero-order chi connectivity index (χ0) is 19.2. The number of methoxy groups -OCH3 is 2. The maximum atomic E-state index is 12.6. The first-order valence-electron chi connectivity index (χ1n) is 9.35. The third kappa shape index (κ3) is 5.01. The molecule has 144 valence electrons. The summed E-state index contributed by atoms with van der Waals surface area (Å²) in [4.78, 5) is 16.9. The molecule has 0 spiro atoms. The van der Waals surface area contributed by atoms with Crippen LogP contribution in [0.25, 0.3) is 0 Å². The summed E-state index contributed by atoms with van der Waals surface area (Å²) in [5.41, 5.74) is 3.46. The highest BCUT2D eigenvalue weighted by molar-refractivity contribution is 5.79. The molecule has 5 nitrogen and oxygen atoms in total. The summed E-state index contributed by atoms with van der Waals surface area (Å²) in [6.45, 7) is 6.34. The summed E-state index contributed by atoms with van der Waals surface area (Å²) >= 11 is 0. The summed E-state index contributed by atoms with van der Waals surface area (Å²) in [7, 11) is 3.34. The van der Waals surface area contributed by atoms with Gasteiger partial charge in [0.1, 0.15) is 11.5 Å². The molecular weight excluding hydrogens is 340 g/mol. The van der Waals surface area contributed by atoms with Gasteiger partial charge in [0.25, 0.3) is 0 Å². The van der Waals surface area contributed by atoms with Gasteiger partial charge in [-0.15, -0.1) is 0 Å². The zero-order valence-electron chi connectivity index (χ0n) is 16.4. The SMILES string of the molecule is COc1ccc(CC(=O)N2CCN(Cc3ccc(OC)c(C)c3)CC2)cc1. The first-order valence-corrected chi connectivity index (χ1v) is 9.35. The van der Waals surface area contributed by atoms with Crippen LogP contribution in [0.4, 0.5) is 0 Å². The molecule has 1 amide bonds. The monoisotopic (exact) mass is 368 g/mol. The number of nitrogens with zero attached hydrogens (tertiary/aromatic N) is 2. The number of carbonyl (C=O) groups is 1. The molecule has 0 atom stereocenters. The average Bonchev–Trinajstić information content (AvgIpc) is 2.69. The number of aryl methyl sites for hydroxylation is 1. The second-order valence-electron chi connectivity index (χ2n) is 6.99. The maximum absolute atomic E-state index is 12.6. The van der Waals surface area contributed by atoms with E-state index in [1.807, 2.05) is 35.2 Å². The molecule has 0 radical (unpaired) electrons. The first kappa shape index (κ1) is 19.2. The Bertz CT molecular complexity index is 766. The lowest BCUT2D eigenvalue weighted by Gasteiger charge is -2.35. The number of carbonyl (C=O) groups excluding carboxylic acids is 1. The number of hydrogen-bond acceptors (Lipinski definition) is 4. The van der Waals surface area contributed by atoms with Gasteiger partial charge in [0.15, 0.2) is 0 Å². The predicted octanol–water partition coefficient (Wildman–Crippen LogP) is 2.90. The van der Waals surface area contributed by atoms with Gasteiger partial charge in [0, 0.05) is 32.7 Å². The van der Waals surface area contributed by atoms with E-state index in [2.05, 4.69) is 24.0 Å². The number of piperazine rings is 1. The van der Waals surface area contributed by atoms with Crippen LogP contribution in [0.5, 0.6) is 11.5 Å². The Balaban J connectivity index is 1.49. The molecule has 1 saturated heterocycles. The fourth-order valence-corrected chi connectivity index (χ4v) is 3.48. The molecule has 0 bridgehead atoms. The smallest absolute Gasteiger partial charge is 0.227 e. The van der Waals surface area contributed by atoms with Crippen molar-refractivity contribution in [2.75, 3.05) is 40.4 Å². The molecule has 0 aromatic heterocycles. The average molecular weight is 368 g/mol. The fraction of sp³-hybridized carbons (Fsp3) is 0.409. The van der Waals surface area contributed by atoms with E-state index < -0.39 is 0 Å². The molecule has 2 aromatic carbocycles.